The molecule has 2 aromatic carbocycles. The third kappa shape index (κ3) is 5.62. The minimum atomic E-state index is -0.746. The van der Waals surface area contributed by atoms with Crippen molar-refractivity contribution < 1.29 is 28.6 Å². The summed E-state index contributed by atoms with van der Waals surface area (Å²) in [5, 5.41) is 2.52. The van der Waals surface area contributed by atoms with E-state index in [4.69, 9.17) is 9.47 Å². The van der Waals surface area contributed by atoms with Crippen LogP contribution in [0, 0.1) is 0 Å². The largest absolute Gasteiger partial charge is 0.497 e. The highest BCUT2D eigenvalue weighted by Gasteiger charge is 2.19. The molecular formula is C23H21N3O7. The molecule has 0 bridgehead atoms. The summed E-state index contributed by atoms with van der Waals surface area (Å²) in [5.41, 5.74) is 0.293. The van der Waals surface area contributed by atoms with Gasteiger partial charge < -0.3 is 24.5 Å². The van der Waals surface area contributed by atoms with Crippen LogP contribution >= 0.6 is 0 Å². The normalized spacial score (nSPS) is 10.3. The summed E-state index contributed by atoms with van der Waals surface area (Å²) in [6, 6.07) is 12.2. The number of carbonyl (C=O) groups excluding carboxylic acids is 3. The summed E-state index contributed by atoms with van der Waals surface area (Å²) in [6.45, 7) is 0. The van der Waals surface area contributed by atoms with E-state index in [-0.39, 0.29) is 34.8 Å². The Balaban J connectivity index is 1.90. The Kier molecular flexibility index (Phi) is 7.19. The second kappa shape index (κ2) is 10.2. The van der Waals surface area contributed by atoms with Gasteiger partial charge in [0.2, 0.25) is 0 Å². The van der Waals surface area contributed by atoms with Gasteiger partial charge in [-0.1, -0.05) is 12.1 Å². The zero-order valence-corrected chi connectivity index (χ0v) is 18.1. The molecule has 3 aromatic rings. The van der Waals surface area contributed by atoms with Crippen LogP contribution in [0.4, 0.5) is 5.69 Å². The van der Waals surface area contributed by atoms with Crippen LogP contribution in [0.1, 0.15) is 42.6 Å². The van der Waals surface area contributed by atoms with E-state index in [1.807, 2.05) is 12.1 Å². The topological polar surface area (TPSA) is 137 Å². The van der Waals surface area contributed by atoms with Gasteiger partial charge in [-0.3, -0.25) is 9.59 Å². The van der Waals surface area contributed by atoms with E-state index in [0.29, 0.717) is 5.75 Å². The van der Waals surface area contributed by atoms with E-state index in [1.54, 1.807) is 19.2 Å². The number of aromatic nitrogens is 2. The van der Waals surface area contributed by atoms with E-state index in [0.717, 1.165) is 11.6 Å². The molecular weight excluding hydrogens is 430 g/mol. The third-order valence-corrected chi connectivity index (χ3v) is 4.65. The molecule has 0 spiro atoms. The maximum atomic E-state index is 12.9. The van der Waals surface area contributed by atoms with Gasteiger partial charge in [-0.15, -0.1) is 0 Å². The fraction of sp³-hybridized carbons (Fsp3) is 0.174. The SMILES string of the molecule is COC(=O)c1ccc(C(=O)OC)c(NC(=O)c2cc(=O)[nH]c(Cc3ccc(OC)cc3)n2)c1. The molecule has 2 N–H and O–H groups in total. The molecule has 0 saturated carbocycles. The molecule has 0 aliphatic carbocycles. The summed E-state index contributed by atoms with van der Waals surface area (Å²) < 4.78 is 14.5. The van der Waals surface area contributed by atoms with Gasteiger partial charge >= 0.3 is 11.9 Å². The van der Waals surface area contributed by atoms with Crippen LogP contribution in [-0.2, 0) is 15.9 Å². The van der Waals surface area contributed by atoms with Crippen LogP contribution in [0.3, 0.4) is 0 Å². The van der Waals surface area contributed by atoms with Crippen LogP contribution in [0.5, 0.6) is 5.75 Å². The number of methoxy groups -OCH3 is 3. The van der Waals surface area contributed by atoms with Crippen molar-refractivity contribution in [2.45, 2.75) is 6.42 Å². The van der Waals surface area contributed by atoms with Gasteiger partial charge in [0.15, 0.2) is 0 Å². The van der Waals surface area contributed by atoms with Crippen molar-refractivity contribution in [3.05, 3.63) is 87.1 Å². The van der Waals surface area contributed by atoms with E-state index >= 15 is 0 Å². The summed E-state index contributed by atoms with van der Waals surface area (Å²) in [5.74, 6) is -1.17. The quantitative estimate of drug-likeness (QED) is 0.522. The van der Waals surface area contributed by atoms with Crippen LogP contribution in [0.2, 0.25) is 0 Å². The van der Waals surface area contributed by atoms with Gasteiger partial charge in [0, 0.05) is 12.5 Å². The Morgan fingerprint density at radius 2 is 1.64 bits per heavy atom. The average Bonchev–Trinajstić information content (AvgIpc) is 2.83. The second-order valence-electron chi connectivity index (χ2n) is 6.80. The van der Waals surface area contributed by atoms with Crippen LogP contribution in [-0.4, -0.2) is 49.1 Å². The molecule has 33 heavy (non-hydrogen) atoms. The summed E-state index contributed by atoms with van der Waals surface area (Å²) >= 11 is 0. The molecule has 170 valence electrons. The van der Waals surface area contributed by atoms with Gasteiger partial charge in [-0.25, -0.2) is 14.6 Å². The molecule has 0 saturated heterocycles. The fourth-order valence-corrected chi connectivity index (χ4v) is 3.01. The number of nitrogens with one attached hydrogen (secondary N) is 2. The zero-order chi connectivity index (χ0) is 24.0. The third-order valence-electron chi connectivity index (χ3n) is 4.65. The fourth-order valence-electron chi connectivity index (χ4n) is 3.01. The predicted octanol–water partition coefficient (Wildman–Crippen LogP) is 2.19. The van der Waals surface area contributed by atoms with Crippen molar-refractivity contribution in [2.75, 3.05) is 26.6 Å². The first-order valence-corrected chi connectivity index (χ1v) is 9.69. The van der Waals surface area contributed by atoms with Crippen LogP contribution in [0.15, 0.2) is 53.3 Å². The smallest absolute Gasteiger partial charge is 0.339 e. The Morgan fingerprint density at radius 1 is 0.939 bits per heavy atom. The van der Waals surface area contributed by atoms with Crippen LogP contribution < -0.4 is 15.6 Å². The maximum Gasteiger partial charge on any atom is 0.339 e. The van der Waals surface area contributed by atoms with E-state index in [2.05, 4.69) is 20.0 Å². The molecule has 0 unspecified atom stereocenters. The number of rotatable bonds is 7. The van der Waals surface area contributed by atoms with Gasteiger partial charge in [-0.05, 0) is 35.9 Å². The highest BCUT2D eigenvalue weighted by Crippen LogP contribution is 2.20. The van der Waals surface area contributed by atoms with E-state index in [1.165, 1.54) is 32.4 Å². The van der Waals surface area contributed by atoms with Crippen molar-refractivity contribution in [1.29, 1.82) is 0 Å². The first kappa shape index (κ1) is 23.2. The molecule has 1 heterocycles. The van der Waals surface area contributed by atoms with Gasteiger partial charge in [0.1, 0.15) is 17.3 Å². The lowest BCUT2D eigenvalue weighted by Crippen LogP contribution is -2.22. The molecule has 0 atom stereocenters. The average molecular weight is 451 g/mol. The molecule has 0 radical (unpaired) electrons. The lowest BCUT2D eigenvalue weighted by molar-refractivity contribution is 0.0587. The number of ether oxygens (including phenoxy) is 3. The number of H-pyrrole nitrogens is 1. The van der Waals surface area contributed by atoms with Crippen molar-refractivity contribution in [3.63, 3.8) is 0 Å². The lowest BCUT2D eigenvalue weighted by Gasteiger charge is -2.11. The predicted molar refractivity (Wildman–Crippen MR) is 118 cm³/mol. The van der Waals surface area contributed by atoms with Crippen LogP contribution in [0.25, 0.3) is 0 Å². The minimum absolute atomic E-state index is 0.00790. The van der Waals surface area contributed by atoms with E-state index in [9.17, 15) is 19.2 Å². The van der Waals surface area contributed by atoms with Gasteiger partial charge in [0.25, 0.3) is 11.5 Å². The van der Waals surface area contributed by atoms with Crippen molar-refractivity contribution >= 4 is 23.5 Å². The van der Waals surface area contributed by atoms with Gasteiger partial charge in [0.05, 0.1) is 38.1 Å². The molecule has 10 nitrogen and oxygen atoms in total. The Hall–Kier alpha value is -4.47. The molecule has 3 rings (SSSR count). The highest BCUT2D eigenvalue weighted by atomic mass is 16.5. The Bertz CT molecular complexity index is 1250. The first-order valence-electron chi connectivity index (χ1n) is 9.69. The first-order chi connectivity index (χ1) is 15.8. The zero-order valence-electron chi connectivity index (χ0n) is 18.1. The number of esters is 2. The maximum absolute atomic E-state index is 12.9. The van der Waals surface area contributed by atoms with Crippen molar-refractivity contribution in [3.8, 4) is 5.75 Å². The summed E-state index contributed by atoms with van der Waals surface area (Å²) in [6.07, 6.45) is 0.269. The molecule has 0 aliphatic rings. The lowest BCUT2D eigenvalue weighted by atomic mass is 10.1. The van der Waals surface area contributed by atoms with Gasteiger partial charge in [-0.2, -0.15) is 0 Å². The number of amides is 1. The summed E-state index contributed by atoms with van der Waals surface area (Å²) in [7, 11) is 3.95. The number of anilines is 1. The number of carbonyl (C=O) groups is 3. The number of hydrogen-bond donors (Lipinski definition) is 2. The number of nitrogens with zero attached hydrogens (tertiary/aromatic N) is 1. The molecule has 0 fully saturated rings. The Labute approximate surface area is 188 Å². The Morgan fingerprint density at radius 3 is 2.27 bits per heavy atom. The molecule has 1 amide bonds. The summed E-state index contributed by atoms with van der Waals surface area (Å²) in [4.78, 5) is 55.8. The number of hydrogen-bond acceptors (Lipinski definition) is 8. The number of aromatic amines is 1. The minimum Gasteiger partial charge on any atom is -0.497 e. The van der Waals surface area contributed by atoms with E-state index < -0.39 is 23.4 Å². The molecule has 1 aromatic heterocycles. The van der Waals surface area contributed by atoms with Crippen molar-refractivity contribution in [1.82, 2.24) is 9.97 Å². The van der Waals surface area contributed by atoms with Crippen molar-refractivity contribution in [2.24, 2.45) is 0 Å². The monoisotopic (exact) mass is 451 g/mol. The molecule has 10 heteroatoms. The highest BCUT2D eigenvalue weighted by molar-refractivity contribution is 6.08. The molecule has 0 aliphatic heterocycles. The second-order valence-corrected chi connectivity index (χ2v) is 6.80. The number of benzene rings is 2. The standard InChI is InChI=1S/C23H21N3O7/c1-31-15-7-4-13(5-8-15)10-19-24-18(12-20(27)26-19)21(28)25-17-11-14(22(29)32-2)6-9-16(17)23(30)33-3/h4-9,11-12H,10H2,1-3H3,(H,25,28)(H,24,26,27).